The zero-order valence-electron chi connectivity index (χ0n) is 19.0. The maximum absolute atomic E-state index is 12.3. The minimum Gasteiger partial charge on any atom is -0.444 e. The van der Waals surface area contributed by atoms with Crippen LogP contribution in [0, 0.1) is 0 Å². The van der Waals surface area contributed by atoms with Crippen LogP contribution in [0.1, 0.15) is 58.6 Å². The lowest BCUT2D eigenvalue weighted by atomic mass is 9.90. The third-order valence-corrected chi connectivity index (χ3v) is 6.27. The number of carbonyl (C=O) groups excluding carboxylic acids is 1. The van der Waals surface area contributed by atoms with E-state index in [0.717, 1.165) is 48.2 Å². The van der Waals surface area contributed by atoms with Crippen molar-refractivity contribution >= 4 is 17.0 Å². The molecule has 0 aliphatic carbocycles. The van der Waals surface area contributed by atoms with Crippen LogP contribution in [0.4, 0.5) is 4.79 Å². The Kier molecular flexibility index (Phi) is 6.43. The van der Waals surface area contributed by atoms with Gasteiger partial charge >= 0.3 is 6.09 Å². The van der Waals surface area contributed by atoms with Crippen LogP contribution in [0.3, 0.4) is 0 Å². The third kappa shape index (κ3) is 4.88. The van der Waals surface area contributed by atoms with E-state index < -0.39 is 5.60 Å². The van der Waals surface area contributed by atoms with Gasteiger partial charge in [0.05, 0.1) is 36.7 Å². The normalized spacial score (nSPS) is 17.5. The average Bonchev–Trinajstić information content (AvgIpc) is 3.14. The largest absolute Gasteiger partial charge is 0.444 e. The van der Waals surface area contributed by atoms with Crippen LogP contribution in [0.5, 0.6) is 0 Å². The molecule has 0 saturated carbocycles. The number of ether oxygens (including phenoxy) is 2. The highest BCUT2D eigenvalue weighted by Gasteiger charge is 2.28. The van der Waals surface area contributed by atoms with E-state index in [0.29, 0.717) is 25.0 Å². The van der Waals surface area contributed by atoms with Crippen molar-refractivity contribution in [3.05, 3.63) is 48.3 Å². The molecule has 7 nitrogen and oxygen atoms in total. The molecule has 2 fully saturated rings. The Labute approximate surface area is 195 Å². The summed E-state index contributed by atoms with van der Waals surface area (Å²) in [5.41, 5.74) is 3.94. The lowest BCUT2D eigenvalue weighted by molar-refractivity contribution is -0.0266. The molecule has 2 aliphatic heterocycles. The van der Waals surface area contributed by atoms with Crippen molar-refractivity contribution < 1.29 is 14.3 Å². The van der Waals surface area contributed by atoms with Crippen LogP contribution in [-0.4, -0.2) is 57.7 Å². The zero-order chi connectivity index (χ0) is 22.3. The molecule has 2 aliphatic rings. The third-order valence-electron chi connectivity index (χ3n) is 6.27. The van der Waals surface area contributed by atoms with E-state index in [9.17, 15) is 4.79 Å². The van der Waals surface area contributed by atoms with Crippen LogP contribution in [0.2, 0.25) is 0 Å². The minimum atomic E-state index is -0.458. The number of hydrogen-bond donors (Lipinski definition) is 0. The van der Waals surface area contributed by atoms with E-state index in [1.165, 1.54) is 5.56 Å². The monoisotopic (exact) mass is 450 g/mol. The van der Waals surface area contributed by atoms with Crippen LogP contribution in [0.25, 0.3) is 22.2 Å². The second-order valence-corrected chi connectivity index (χ2v) is 9.77. The van der Waals surface area contributed by atoms with Crippen LogP contribution in [0.15, 0.2) is 42.7 Å². The first-order chi connectivity index (χ1) is 15.4. The highest BCUT2D eigenvalue weighted by Crippen LogP contribution is 2.31. The molecule has 2 aromatic heterocycles. The van der Waals surface area contributed by atoms with E-state index in [1.807, 2.05) is 38.1 Å². The number of amides is 1. The SMILES string of the molecule is C.CC(C)(C)OC(=O)N1CCC(c2ccc(-c3ccc4cnn(C5COC5)c4c3)nc2)CC1. The van der Waals surface area contributed by atoms with Gasteiger partial charge in [-0.15, -0.1) is 0 Å². The number of nitrogens with zero attached hydrogens (tertiary/aromatic N) is 4. The molecular weight excluding hydrogens is 416 g/mol. The molecule has 176 valence electrons. The second kappa shape index (κ2) is 9.14. The maximum Gasteiger partial charge on any atom is 0.410 e. The number of fused-ring (bicyclic) bond motifs is 1. The molecule has 33 heavy (non-hydrogen) atoms. The fourth-order valence-electron chi connectivity index (χ4n) is 4.39. The van der Waals surface area contributed by atoms with Crippen molar-refractivity contribution in [2.75, 3.05) is 26.3 Å². The Morgan fingerprint density at radius 3 is 2.45 bits per heavy atom. The van der Waals surface area contributed by atoms with Gasteiger partial charge < -0.3 is 14.4 Å². The summed E-state index contributed by atoms with van der Waals surface area (Å²) in [6.07, 6.45) is 5.54. The summed E-state index contributed by atoms with van der Waals surface area (Å²) in [4.78, 5) is 18.9. The van der Waals surface area contributed by atoms with Crippen molar-refractivity contribution in [2.45, 2.75) is 58.6 Å². The summed E-state index contributed by atoms with van der Waals surface area (Å²) >= 11 is 0. The Morgan fingerprint density at radius 1 is 1.09 bits per heavy atom. The first kappa shape index (κ1) is 23.2. The number of aromatic nitrogens is 3. The first-order valence-electron chi connectivity index (χ1n) is 11.4. The predicted octanol–water partition coefficient (Wildman–Crippen LogP) is 5.42. The van der Waals surface area contributed by atoms with Gasteiger partial charge in [-0.1, -0.05) is 25.6 Å². The standard InChI is InChI=1S/C25H30N4O3.CH4/c1-25(2,3)32-24(30)28-10-8-17(9-11-28)19-6-7-22(26-13-19)18-4-5-20-14-27-29(23(20)12-18)21-15-31-16-21;/h4-7,12-14,17,21H,8-11,15-16H2,1-3H3;1H4. The lowest BCUT2D eigenvalue weighted by Crippen LogP contribution is -2.41. The number of hydrogen-bond acceptors (Lipinski definition) is 5. The zero-order valence-corrected chi connectivity index (χ0v) is 19.0. The Bertz CT molecular complexity index is 1100. The van der Waals surface area contributed by atoms with Crippen LogP contribution in [-0.2, 0) is 9.47 Å². The first-order valence-corrected chi connectivity index (χ1v) is 11.4. The average molecular weight is 451 g/mol. The molecule has 0 atom stereocenters. The van der Waals surface area contributed by atoms with Gasteiger partial charge in [-0.05, 0) is 57.2 Å². The number of rotatable bonds is 3. The molecule has 1 amide bonds. The van der Waals surface area contributed by atoms with Gasteiger partial charge in [0.25, 0.3) is 0 Å². The molecule has 0 unspecified atom stereocenters. The fraction of sp³-hybridized carbons (Fsp3) is 0.500. The molecule has 5 rings (SSSR count). The van der Waals surface area contributed by atoms with Gasteiger partial charge in [0.15, 0.2) is 0 Å². The lowest BCUT2D eigenvalue weighted by Gasteiger charge is -2.33. The van der Waals surface area contributed by atoms with Crippen LogP contribution >= 0.6 is 0 Å². The minimum absolute atomic E-state index is 0. The molecule has 0 bridgehead atoms. The number of piperidine rings is 1. The summed E-state index contributed by atoms with van der Waals surface area (Å²) in [5.74, 6) is 0.415. The van der Waals surface area contributed by atoms with Crippen molar-refractivity contribution in [2.24, 2.45) is 0 Å². The molecular formula is C26H34N4O3. The van der Waals surface area contributed by atoms with Crippen molar-refractivity contribution in [3.8, 4) is 11.3 Å². The molecule has 3 aromatic rings. The molecule has 0 spiro atoms. The Morgan fingerprint density at radius 2 is 1.85 bits per heavy atom. The van der Waals surface area contributed by atoms with Gasteiger partial charge in [-0.3, -0.25) is 9.67 Å². The second-order valence-electron chi connectivity index (χ2n) is 9.77. The number of carbonyl (C=O) groups is 1. The van der Waals surface area contributed by atoms with Gasteiger partial charge in [0.2, 0.25) is 0 Å². The van der Waals surface area contributed by atoms with Crippen molar-refractivity contribution in [1.29, 1.82) is 0 Å². The molecule has 1 aromatic carbocycles. The summed E-state index contributed by atoms with van der Waals surface area (Å²) in [5, 5.41) is 5.68. The van der Waals surface area contributed by atoms with Crippen LogP contribution < -0.4 is 0 Å². The smallest absolute Gasteiger partial charge is 0.410 e. The van der Waals surface area contributed by atoms with Gasteiger partial charge in [-0.25, -0.2) is 4.79 Å². The Balaban J connectivity index is 0.00000259. The summed E-state index contributed by atoms with van der Waals surface area (Å²) in [7, 11) is 0. The van der Waals surface area contributed by atoms with Crippen molar-refractivity contribution in [3.63, 3.8) is 0 Å². The number of pyridine rings is 1. The molecule has 0 radical (unpaired) electrons. The van der Waals surface area contributed by atoms with Gasteiger partial charge in [-0.2, -0.15) is 5.10 Å². The molecule has 2 saturated heterocycles. The number of likely N-dealkylation sites (tertiary alicyclic amines) is 1. The van der Waals surface area contributed by atoms with Gasteiger partial charge in [0, 0.05) is 30.2 Å². The highest BCUT2D eigenvalue weighted by atomic mass is 16.6. The topological polar surface area (TPSA) is 69.5 Å². The van der Waals surface area contributed by atoms with E-state index in [2.05, 4.69) is 40.1 Å². The van der Waals surface area contributed by atoms with E-state index in [1.54, 1.807) is 0 Å². The molecule has 7 heteroatoms. The summed E-state index contributed by atoms with van der Waals surface area (Å²) < 4.78 is 12.9. The number of benzene rings is 1. The van der Waals surface area contributed by atoms with E-state index >= 15 is 0 Å². The van der Waals surface area contributed by atoms with Gasteiger partial charge in [0.1, 0.15) is 5.60 Å². The quantitative estimate of drug-likeness (QED) is 0.533. The predicted molar refractivity (Wildman–Crippen MR) is 129 cm³/mol. The van der Waals surface area contributed by atoms with E-state index in [4.69, 9.17) is 14.5 Å². The summed E-state index contributed by atoms with van der Waals surface area (Å²) in [6, 6.07) is 11.0. The molecule has 0 N–H and O–H groups in total. The maximum atomic E-state index is 12.3. The fourth-order valence-corrected chi connectivity index (χ4v) is 4.39. The highest BCUT2D eigenvalue weighted by molar-refractivity contribution is 5.84. The molecule has 4 heterocycles. The van der Waals surface area contributed by atoms with E-state index in [-0.39, 0.29) is 13.5 Å². The Hall–Kier alpha value is -2.93. The summed E-state index contributed by atoms with van der Waals surface area (Å²) in [6.45, 7) is 8.58. The van der Waals surface area contributed by atoms with Crippen molar-refractivity contribution in [1.82, 2.24) is 19.7 Å².